The first kappa shape index (κ1) is 19.3. The van der Waals surface area contributed by atoms with Gasteiger partial charge in [-0.1, -0.05) is 72.4 Å². The van der Waals surface area contributed by atoms with Crippen LogP contribution in [-0.2, 0) is 12.8 Å². The van der Waals surface area contributed by atoms with Gasteiger partial charge in [-0.15, -0.1) is 11.3 Å². The predicted molar refractivity (Wildman–Crippen MR) is 123 cm³/mol. The van der Waals surface area contributed by atoms with Crippen molar-refractivity contribution >= 4 is 39.1 Å². The number of thioether (sulfide) groups is 1. The Morgan fingerprint density at radius 3 is 2.47 bits per heavy atom. The number of carbonyl (C=O) groups excluding carboxylic acids is 1. The number of fused-ring (bicyclic) bond motifs is 3. The second-order valence-corrected chi connectivity index (χ2v) is 9.58. The van der Waals surface area contributed by atoms with Gasteiger partial charge in [-0.2, -0.15) is 0 Å². The van der Waals surface area contributed by atoms with Gasteiger partial charge in [0.1, 0.15) is 10.1 Å². The highest BCUT2D eigenvalue weighted by molar-refractivity contribution is 8.00. The van der Waals surface area contributed by atoms with Crippen molar-refractivity contribution in [3.05, 3.63) is 92.6 Å². The lowest BCUT2D eigenvalue weighted by Crippen LogP contribution is -2.14. The van der Waals surface area contributed by atoms with Gasteiger partial charge in [0, 0.05) is 10.4 Å². The van der Waals surface area contributed by atoms with E-state index in [4.69, 9.17) is 4.98 Å². The number of nitrogens with one attached hydrogen (secondary N) is 1. The molecule has 0 aliphatic heterocycles. The molecule has 2 heterocycles. The molecule has 0 saturated carbocycles. The van der Waals surface area contributed by atoms with Crippen LogP contribution in [0.5, 0.6) is 0 Å². The molecule has 0 amide bonds. The molecule has 6 heteroatoms. The summed E-state index contributed by atoms with van der Waals surface area (Å²) in [6.45, 7) is 0. The Morgan fingerprint density at radius 1 is 1.00 bits per heavy atom. The molecule has 0 bridgehead atoms. The molecule has 4 nitrogen and oxygen atoms in total. The zero-order valence-electron chi connectivity index (χ0n) is 16.3. The highest BCUT2D eigenvalue weighted by Gasteiger charge is 2.26. The molecule has 2 aromatic carbocycles. The summed E-state index contributed by atoms with van der Waals surface area (Å²) in [5.41, 5.74) is 2.62. The van der Waals surface area contributed by atoms with Crippen LogP contribution >= 0.6 is 23.1 Å². The summed E-state index contributed by atoms with van der Waals surface area (Å²) in [5.74, 6) is 0.0000185. The number of thiophene rings is 1. The van der Waals surface area contributed by atoms with Gasteiger partial charge in [-0.3, -0.25) is 9.59 Å². The molecule has 0 saturated heterocycles. The zero-order valence-corrected chi connectivity index (χ0v) is 17.9. The van der Waals surface area contributed by atoms with Crippen molar-refractivity contribution in [2.75, 3.05) is 0 Å². The molecule has 0 fully saturated rings. The van der Waals surface area contributed by atoms with Crippen molar-refractivity contribution in [1.82, 2.24) is 9.97 Å². The third-order valence-corrected chi connectivity index (χ3v) is 7.76. The molecule has 0 spiro atoms. The summed E-state index contributed by atoms with van der Waals surface area (Å²) < 4.78 is 0. The number of nitrogens with zero attached hydrogens (tertiary/aromatic N) is 1. The van der Waals surface area contributed by atoms with Crippen molar-refractivity contribution in [2.24, 2.45) is 0 Å². The standard InChI is InChI=1S/C24H20N2O2S2/c27-20(15-9-3-1-4-10-15)21(16-11-5-2-6-12-16)30-24-25-22(28)19-17-13-7-8-14-18(17)29-23(19)26-24/h1-6,9-12,21H,7-8,13-14H2,(H,25,26,28)/t21-/m1/s1. The zero-order chi connectivity index (χ0) is 20.5. The fourth-order valence-electron chi connectivity index (χ4n) is 3.97. The summed E-state index contributed by atoms with van der Waals surface area (Å²) in [7, 11) is 0. The summed E-state index contributed by atoms with van der Waals surface area (Å²) in [6.07, 6.45) is 4.26. The van der Waals surface area contributed by atoms with Crippen LogP contribution in [0.25, 0.3) is 10.2 Å². The number of aromatic amines is 1. The van der Waals surface area contributed by atoms with Crippen LogP contribution < -0.4 is 5.56 Å². The molecule has 1 N–H and O–H groups in total. The molecular weight excluding hydrogens is 412 g/mol. The maximum absolute atomic E-state index is 13.3. The Hall–Kier alpha value is -2.70. The minimum absolute atomic E-state index is 0.0000185. The summed E-state index contributed by atoms with van der Waals surface area (Å²) >= 11 is 2.94. The van der Waals surface area contributed by atoms with Crippen LogP contribution in [0.2, 0.25) is 0 Å². The van der Waals surface area contributed by atoms with Crippen LogP contribution in [0.15, 0.2) is 70.6 Å². The second-order valence-electron chi connectivity index (χ2n) is 7.40. The van der Waals surface area contributed by atoms with Crippen molar-refractivity contribution in [1.29, 1.82) is 0 Å². The van der Waals surface area contributed by atoms with E-state index in [0.717, 1.165) is 35.0 Å². The lowest BCUT2D eigenvalue weighted by Gasteiger charge is -2.15. The van der Waals surface area contributed by atoms with Crippen LogP contribution in [0, 0.1) is 0 Å². The number of carbonyl (C=O) groups is 1. The smallest absolute Gasteiger partial charge is 0.260 e. The molecule has 5 rings (SSSR count). The highest BCUT2D eigenvalue weighted by atomic mass is 32.2. The van der Waals surface area contributed by atoms with Gasteiger partial charge >= 0.3 is 0 Å². The maximum atomic E-state index is 13.3. The van der Waals surface area contributed by atoms with E-state index in [2.05, 4.69) is 4.98 Å². The minimum Gasteiger partial charge on any atom is -0.301 e. The molecule has 1 aliphatic rings. The Morgan fingerprint density at radius 2 is 1.70 bits per heavy atom. The van der Waals surface area contributed by atoms with E-state index < -0.39 is 5.25 Å². The van der Waals surface area contributed by atoms with Crippen LogP contribution in [0.4, 0.5) is 0 Å². The first-order chi connectivity index (χ1) is 14.7. The van der Waals surface area contributed by atoms with Gasteiger partial charge < -0.3 is 4.98 Å². The van der Waals surface area contributed by atoms with Crippen LogP contribution in [0.3, 0.4) is 0 Å². The van der Waals surface area contributed by atoms with E-state index >= 15 is 0 Å². The van der Waals surface area contributed by atoms with E-state index in [1.165, 1.54) is 28.6 Å². The number of benzene rings is 2. The number of ketones is 1. The largest absolute Gasteiger partial charge is 0.301 e. The van der Waals surface area contributed by atoms with Gasteiger partial charge in [0.05, 0.1) is 5.39 Å². The minimum atomic E-state index is -0.483. The summed E-state index contributed by atoms with van der Waals surface area (Å²) in [5, 5.41) is 0.748. The number of aromatic nitrogens is 2. The Kier molecular flexibility index (Phi) is 5.27. The van der Waals surface area contributed by atoms with E-state index in [0.29, 0.717) is 10.7 Å². The van der Waals surface area contributed by atoms with Crippen molar-refractivity contribution in [3.63, 3.8) is 0 Å². The molecule has 1 atom stereocenters. The highest BCUT2D eigenvalue weighted by Crippen LogP contribution is 2.38. The molecule has 0 radical (unpaired) electrons. The van der Waals surface area contributed by atoms with Gasteiger partial charge in [0.15, 0.2) is 10.9 Å². The third kappa shape index (κ3) is 3.61. The number of hydrogen-bond acceptors (Lipinski definition) is 5. The Bertz CT molecular complexity index is 1260. The molecular formula is C24H20N2O2S2. The maximum Gasteiger partial charge on any atom is 0.260 e. The fraction of sp³-hybridized carbons (Fsp3) is 0.208. The van der Waals surface area contributed by atoms with Crippen molar-refractivity contribution in [3.8, 4) is 0 Å². The SMILES string of the molecule is O=C(c1ccccc1)[C@H](Sc1nc2sc3c(c2c(=O)[nH]1)CCCC3)c1ccccc1. The molecule has 4 aromatic rings. The summed E-state index contributed by atoms with van der Waals surface area (Å²) in [4.78, 5) is 36.0. The molecule has 150 valence electrons. The number of aryl methyl sites for hydroxylation is 2. The Labute approximate surface area is 182 Å². The number of rotatable bonds is 5. The summed E-state index contributed by atoms with van der Waals surface area (Å²) in [6, 6.07) is 18.9. The van der Waals surface area contributed by atoms with E-state index in [1.807, 2.05) is 60.7 Å². The van der Waals surface area contributed by atoms with Gasteiger partial charge in [0.25, 0.3) is 5.56 Å². The van der Waals surface area contributed by atoms with Crippen LogP contribution in [0.1, 0.15) is 44.5 Å². The second kappa shape index (κ2) is 8.20. The molecule has 30 heavy (non-hydrogen) atoms. The van der Waals surface area contributed by atoms with Crippen molar-refractivity contribution < 1.29 is 4.79 Å². The van der Waals surface area contributed by atoms with E-state index in [-0.39, 0.29) is 11.3 Å². The third-order valence-electron chi connectivity index (χ3n) is 5.43. The van der Waals surface area contributed by atoms with E-state index in [9.17, 15) is 9.59 Å². The van der Waals surface area contributed by atoms with Gasteiger partial charge in [0.2, 0.25) is 0 Å². The topological polar surface area (TPSA) is 62.8 Å². The normalized spacial score (nSPS) is 14.4. The van der Waals surface area contributed by atoms with Gasteiger partial charge in [-0.25, -0.2) is 4.98 Å². The molecule has 0 unspecified atom stereocenters. The first-order valence-corrected chi connectivity index (χ1v) is 11.8. The number of hydrogen-bond donors (Lipinski definition) is 1. The Balaban J connectivity index is 1.56. The average molecular weight is 433 g/mol. The van der Waals surface area contributed by atoms with Gasteiger partial charge in [-0.05, 0) is 36.8 Å². The monoisotopic (exact) mass is 432 g/mol. The number of Topliss-reactive ketones (excluding diaryl/α,β-unsaturated/α-hetero) is 1. The lowest BCUT2D eigenvalue weighted by molar-refractivity contribution is 0.0989. The predicted octanol–water partition coefficient (Wildman–Crippen LogP) is 5.58. The van der Waals surface area contributed by atoms with E-state index in [1.54, 1.807) is 11.3 Å². The average Bonchev–Trinajstić information content (AvgIpc) is 3.17. The fourth-order valence-corrected chi connectivity index (χ4v) is 6.34. The van der Waals surface area contributed by atoms with Crippen molar-refractivity contribution in [2.45, 2.75) is 36.1 Å². The van der Waals surface area contributed by atoms with Crippen LogP contribution in [-0.4, -0.2) is 15.8 Å². The number of H-pyrrole nitrogens is 1. The lowest BCUT2D eigenvalue weighted by atomic mass is 9.97. The molecule has 2 aromatic heterocycles. The quantitative estimate of drug-likeness (QED) is 0.254. The molecule has 1 aliphatic carbocycles. The first-order valence-electron chi connectivity index (χ1n) is 10.1.